The average molecular weight is 253 g/mol. The summed E-state index contributed by atoms with van der Waals surface area (Å²) in [6, 6.07) is 0. The monoisotopic (exact) mass is 253 g/mol. The van der Waals surface area contributed by atoms with Crippen LogP contribution in [0.4, 0.5) is 0 Å². The van der Waals surface area contributed by atoms with E-state index in [1.54, 1.807) is 6.92 Å². The highest BCUT2D eigenvalue weighted by Crippen LogP contribution is 2.15. The summed E-state index contributed by atoms with van der Waals surface area (Å²) in [4.78, 5) is 0. The molecular formula is C9H23N3O3S. The summed E-state index contributed by atoms with van der Waals surface area (Å²) in [7, 11) is -2.01. The van der Waals surface area contributed by atoms with Gasteiger partial charge in [-0.15, -0.1) is 0 Å². The fourth-order valence-corrected chi connectivity index (χ4v) is 2.37. The van der Waals surface area contributed by atoms with Crippen LogP contribution in [0.2, 0.25) is 0 Å². The van der Waals surface area contributed by atoms with Crippen molar-refractivity contribution in [2.45, 2.75) is 26.3 Å². The molecule has 0 saturated heterocycles. The number of hydrogen-bond donors (Lipinski definition) is 3. The number of hydrogen-bond acceptors (Lipinski definition) is 4. The van der Waals surface area contributed by atoms with Gasteiger partial charge >= 0.3 is 0 Å². The zero-order valence-electron chi connectivity index (χ0n) is 10.4. The van der Waals surface area contributed by atoms with Crippen LogP contribution in [0.3, 0.4) is 0 Å². The van der Waals surface area contributed by atoms with Crippen molar-refractivity contribution in [3.8, 4) is 0 Å². The fraction of sp³-hybridized carbons (Fsp3) is 1.00. The van der Waals surface area contributed by atoms with Crippen molar-refractivity contribution >= 4 is 10.2 Å². The topological polar surface area (TPSA) is 93.4 Å². The van der Waals surface area contributed by atoms with Crippen LogP contribution in [-0.2, 0) is 14.9 Å². The molecule has 0 spiro atoms. The minimum absolute atomic E-state index is 0.108. The van der Waals surface area contributed by atoms with Crippen molar-refractivity contribution in [2.24, 2.45) is 11.7 Å². The van der Waals surface area contributed by atoms with Crippen molar-refractivity contribution in [1.82, 2.24) is 9.44 Å². The Morgan fingerprint density at radius 2 is 2.00 bits per heavy atom. The molecule has 0 saturated carbocycles. The third kappa shape index (κ3) is 5.22. The maximum Gasteiger partial charge on any atom is 0.277 e. The van der Waals surface area contributed by atoms with E-state index in [0.29, 0.717) is 6.61 Å². The lowest BCUT2D eigenvalue weighted by Crippen LogP contribution is -2.57. The van der Waals surface area contributed by atoms with Crippen LogP contribution in [0.25, 0.3) is 0 Å². The van der Waals surface area contributed by atoms with E-state index in [4.69, 9.17) is 10.5 Å². The molecule has 4 N–H and O–H groups in total. The van der Waals surface area contributed by atoms with E-state index < -0.39 is 15.7 Å². The first-order valence-electron chi connectivity index (χ1n) is 5.25. The lowest BCUT2D eigenvalue weighted by molar-refractivity contribution is 0.204. The van der Waals surface area contributed by atoms with E-state index >= 15 is 0 Å². The van der Waals surface area contributed by atoms with E-state index in [1.165, 1.54) is 7.11 Å². The second-order valence-corrected chi connectivity index (χ2v) is 5.77. The summed E-state index contributed by atoms with van der Waals surface area (Å²) in [5.41, 5.74) is 4.95. The Hall–Kier alpha value is -0.210. The summed E-state index contributed by atoms with van der Waals surface area (Å²) in [6.07, 6.45) is 0. The summed E-state index contributed by atoms with van der Waals surface area (Å²) < 4.78 is 33.0. The Labute approximate surface area is 98.1 Å². The fourth-order valence-electron chi connectivity index (χ4n) is 1.02. The molecule has 0 rings (SSSR count). The normalized spacial score (nSPS) is 16.4. The largest absolute Gasteiger partial charge is 0.383 e. The molecule has 0 aliphatic carbocycles. The Kier molecular flexibility index (Phi) is 6.42. The first-order chi connectivity index (χ1) is 7.27. The lowest BCUT2D eigenvalue weighted by atomic mass is 9.90. The van der Waals surface area contributed by atoms with E-state index in [0.717, 1.165) is 0 Å². The molecule has 1 unspecified atom stereocenters. The summed E-state index contributed by atoms with van der Waals surface area (Å²) in [6.45, 7) is 6.45. The van der Waals surface area contributed by atoms with Gasteiger partial charge in [-0.3, -0.25) is 0 Å². The van der Waals surface area contributed by atoms with Crippen molar-refractivity contribution < 1.29 is 13.2 Å². The van der Waals surface area contributed by atoms with Gasteiger partial charge in [0.25, 0.3) is 10.2 Å². The number of ether oxygens (including phenoxy) is 1. The van der Waals surface area contributed by atoms with Crippen LogP contribution in [0.15, 0.2) is 0 Å². The maximum atomic E-state index is 11.7. The van der Waals surface area contributed by atoms with Crippen LogP contribution in [0.5, 0.6) is 0 Å². The quantitative estimate of drug-likeness (QED) is 0.505. The minimum Gasteiger partial charge on any atom is -0.383 e. The molecule has 0 aliphatic rings. The predicted molar refractivity (Wildman–Crippen MR) is 64.2 cm³/mol. The van der Waals surface area contributed by atoms with Gasteiger partial charge in [-0.1, -0.05) is 13.8 Å². The Morgan fingerprint density at radius 1 is 1.44 bits per heavy atom. The third-order valence-corrected chi connectivity index (χ3v) is 3.98. The summed E-state index contributed by atoms with van der Waals surface area (Å²) in [5, 5.41) is 0. The van der Waals surface area contributed by atoms with Crippen molar-refractivity contribution in [3.05, 3.63) is 0 Å². The SMILES string of the molecule is COCCNS(=O)(=O)NC(C)(CN)C(C)C. The molecule has 0 bridgehead atoms. The van der Waals surface area contributed by atoms with Gasteiger partial charge in [0.2, 0.25) is 0 Å². The average Bonchev–Trinajstić information content (AvgIpc) is 2.16. The van der Waals surface area contributed by atoms with Crippen LogP contribution >= 0.6 is 0 Å². The minimum atomic E-state index is -3.53. The highest BCUT2D eigenvalue weighted by Gasteiger charge is 2.31. The highest BCUT2D eigenvalue weighted by molar-refractivity contribution is 7.87. The van der Waals surface area contributed by atoms with Crippen LogP contribution < -0.4 is 15.2 Å². The molecule has 0 fully saturated rings. The summed E-state index contributed by atoms with van der Waals surface area (Å²) >= 11 is 0. The van der Waals surface area contributed by atoms with E-state index in [9.17, 15) is 8.42 Å². The lowest BCUT2D eigenvalue weighted by Gasteiger charge is -2.32. The van der Waals surface area contributed by atoms with Gasteiger partial charge < -0.3 is 10.5 Å². The van der Waals surface area contributed by atoms with E-state index in [1.807, 2.05) is 13.8 Å². The molecule has 0 aliphatic heterocycles. The molecule has 0 radical (unpaired) electrons. The van der Waals surface area contributed by atoms with Gasteiger partial charge in [-0.05, 0) is 12.8 Å². The number of nitrogens with two attached hydrogens (primary N) is 1. The zero-order chi connectivity index (χ0) is 12.8. The zero-order valence-corrected chi connectivity index (χ0v) is 11.2. The Bertz CT molecular complexity index is 292. The van der Waals surface area contributed by atoms with Gasteiger partial charge in [-0.2, -0.15) is 17.9 Å². The van der Waals surface area contributed by atoms with Gasteiger partial charge in [-0.25, -0.2) is 0 Å². The van der Waals surface area contributed by atoms with Crippen molar-refractivity contribution in [1.29, 1.82) is 0 Å². The first-order valence-corrected chi connectivity index (χ1v) is 6.73. The van der Waals surface area contributed by atoms with Gasteiger partial charge in [0.05, 0.1) is 6.61 Å². The molecular weight excluding hydrogens is 230 g/mol. The molecule has 7 heteroatoms. The molecule has 1 atom stereocenters. The first kappa shape index (κ1) is 15.8. The van der Waals surface area contributed by atoms with Gasteiger partial charge in [0.1, 0.15) is 0 Å². The molecule has 0 amide bonds. The predicted octanol–water partition coefficient (Wildman–Crippen LogP) is -0.570. The van der Waals surface area contributed by atoms with Crippen LogP contribution in [0, 0.1) is 5.92 Å². The second kappa shape index (κ2) is 6.51. The van der Waals surface area contributed by atoms with Gasteiger partial charge in [0.15, 0.2) is 0 Å². The number of nitrogens with one attached hydrogen (secondary N) is 2. The Balaban J connectivity index is 4.44. The van der Waals surface area contributed by atoms with Crippen LogP contribution in [-0.4, -0.2) is 40.8 Å². The van der Waals surface area contributed by atoms with Crippen molar-refractivity contribution in [3.63, 3.8) is 0 Å². The third-order valence-electron chi connectivity index (χ3n) is 2.66. The molecule has 0 aromatic heterocycles. The number of methoxy groups -OCH3 is 1. The van der Waals surface area contributed by atoms with Crippen molar-refractivity contribution in [2.75, 3.05) is 26.8 Å². The molecule has 16 heavy (non-hydrogen) atoms. The molecule has 0 aromatic rings. The number of rotatable bonds is 8. The maximum absolute atomic E-state index is 11.7. The smallest absolute Gasteiger partial charge is 0.277 e. The molecule has 0 aromatic carbocycles. The van der Waals surface area contributed by atoms with E-state index in [2.05, 4.69) is 9.44 Å². The second-order valence-electron chi connectivity index (χ2n) is 4.27. The summed E-state index contributed by atoms with van der Waals surface area (Å²) in [5.74, 6) is 0.108. The molecule has 6 nitrogen and oxygen atoms in total. The van der Waals surface area contributed by atoms with Crippen LogP contribution in [0.1, 0.15) is 20.8 Å². The van der Waals surface area contributed by atoms with E-state index in [-0.39, 0.29) is 19.0 Å². The Morgan fingerprint density at radius 3 is 2.38 bits per heavy atom. The molecule has 98 valence electrons. The standard InChI is InChI=1S/C9H23N3O3S/c1-8(2)9(3,7-10)12-16(13,14)11-5-6-15-4/h8,11-12H,5-7,10H2,1-4H3. The molecule has 0 heterocycles. The van der Waals surface area contributed by atoms with Gasteiger partial charge in [0, 0.05) is 25.7 Å². The highest BCUT2D eigenvalue weighted by atomic mass is 32.2.